The number of hydrogen-bond acceptors (Lipinski definition) is 5. The summed E-state index contributed by atoms with van der Waals surface area (Å²) in [7, 11) is 0. The van der Waals surface area contributed by atoms with Gasteiger partial charge in [-0.1, -0.05) is 47.5 Å². The van der Waals surface area contributed by atoms with Crippen LogP contribution in [0.15, 0.2) is 59.4 Å². The molecule has 0 aliphatic carbocycles. The number of carbonyl (C=O) groups excluding carboxylic acids is 1. The van der Waals surface area contributed by atoms with Gasteiger partial charge in [0, 0.05) is 10.6 Å². The minimum Gasteiger partial charge on any atom is -0.486 e. The Bertz CT molecular complexity index is 1050. The summed E-state index contributed by atoms with van der Waals surface area (Å²) >= 11 is 6.14. The third kappa shape index (κ3) is 4.40. The molecule has 0 saturated heterocycles. The number of carbonyl (C=O) groups is 1. The minimum atomic E-state index is -0.669. The lowest BCUT2D eigenvalue weighted by Gasteiger charge is -2.13. The standard InChI is InChI=1S/C21H19ClN2O4/c1-3-27-21(26)20-18(28-13-15-6-4-5-7-17(15)22)12-19(25)24(23-20)16-10-8-14(2)9-11-16/h4-12H,3,13H2,1-2H3. The van der Waals surface area contributed by atoms with Crippen molar-refractivity contribution >= 4 is 17.6 Å². The van der Waals surface area contributed by atoms with Crippen LogP contribution in [0.2, 0.25) is 5.02 Å². The number of hydrogen-bond donors (Lipinski definition) is 0. The number of ether oxygens (including phenoxy) is 2. The van der Waals surface area contributed by atoms with Crippen LogP contribution in [-0.2, 0) is 11.3 Å². The Labute approximate surface area is 167 Å². The molecule has 0 radical (unpaired) electrons. The average Bonchev–Trinajstić information content (AvgIpc) is 2.68. The van der Waals surface area contributed by atoms with E-state index in [1.807, 2.05) is 25.1 Å². The van der Waals surface area contributed by atoms with Gasteiger partial charge < -0.3 is 9.47 Å². The summed E-state index contributed by atoms with van der Waals surface area (Å²) in [6.07, 6.45) is 0. The number of benzene rings is 2. The molecular formula is C21H19ClN2O4. The Balaban J connectivity index is 2.00. The summed E-state index contributed by atoms with van der Waals surface area (Å²) in [5.74, 6) is -0.621. The van der Waals surface area contributed by atoms with Crippen LogP contribution < -0.4 is 10.3 Å². The normalized spacial score (nSPS) is 10.5. The highest BCUT2D eigenvalue weighted by Crippen LogP contribution is 2.21. The molecule has 144 valence electrons. The van der Waals surface area contributed by atoms with Crippen molar-refractivity contribution < 1.29 is 14.3 Å². The van der Waals surface area contributed by atoms with Crippen LogP contribution in [0.1, 0.15) is 28.5 Å². The SMILES string of the molecule is CCOC(=O)c1nn(-c2ccc(C)cc2)c(=O)cc1OCc1ccccc1Cl. The van der Waals surface area contributed by atoms with Crippen LogP contribution in [0.4, 0.5) is 0 Å². The van der Waals surface area contributed by atoms with E-state index < -0.39 is 11.5 Å². The molecule has 1 heterocycles. The minimum absolute atomic E-state index is 0.0479. The second-order valence-electron chi connectivity index (χ2n) is 6.04. The van der Waals surface area contributed by atoms with E-state index in [0.717, 1.165) is 15.8 Å². The molecule has 0 bridgehead atoms. The molecule has 0 aliphatic rings. The van der Waals surface area contributed by atoms with E-state index in [2.05, 4.69) is 5.10 Å². The second kappa shape index (κ2) is 8.71. The Morgan fingerprint density at radius 1 is 1.14 bits per heavy atom. The van der Waals surface area contributed by atoms with Crippen LogP contribution in [0.3, 0.4) is 0 Å². The van der Waals surface area contributed by atoms with Gasteiger partial charge in [-0.15, -0.1) is 0 Å². The Kier molecular flexibility index (Phi) is 6.11. The van der Waals surface area contributed by atoms with Crippen molar-refractivity contribution in [1.82, 2.24) is 9.78 Å². The molecule has 0 atom stereocenters. The number of rotatable bonds is 6. The first kappa shape index (κ1) is 19.6. The highest BCUT2D eigenvalue weighted by Gasteiger charge is 2.20. The van der Waals surface area contributed by atoms with E-state index in [4.69, 9.17) is 21.1 Å². The van der Waals surface area contributed by atoms with Crippen molar-refractivity contribution in [2.45, 2.75) is 20.5 Å². The molecule has 3 rings (SSSR count). The quantitative estimate of drug-likeness (QED) is 0.588. The van der Waals surface area contributed by atoms with E-state index in [-0.39, 0.29) is 24.7 Å². The zero-order chi connectivity index (χ0) is 20.1. The summed E-state index contributed by atoms with van der Waals surface area (Å²) in [5, 5.41) is 4.73. The molecule has 0 N–H and O–H groups in total. The molecule has 28 heavy (non-hydrogen) atoms. The van der Waals surface area contributed by atoms with Crippen molar-refractivity contribution in [3.05, 3.63) is 86.8 Å². The van der Waals surface area contributed by atoms with Crippen LogP contribution in [0.25, 0.3) is 5.69 Å². The molecular weight excluding hydrogens is 380 g/mol. The lowest BCUT2D eigenvalue weighted by molar-refractivity contribution is 0.0511. The number of aryl methyl sites for hydroxylation is 1. The zero-order valence-corrected chi connectivity index (χ0v) is 16.3. The Hall–Kier alpha value is -3.12. The number of aromatic nitrogens is 2. The largest absolute Gasteiger partial charge is 0.486 e. The first-order valence-corrected chi connectivity index (χ1v) is 9.12. The monoisotopic (exact) mass is 398 g/mol. The third-order valence-electron chi connectivity index (χ3n) is 3.99. The topological polar surface area (TPSA) is 70.4 Å². The van der Waals surface area contributed by atoms with Crippen molar-refractivity contribution in [2.24, 2.45) is 0 Å². The van der Waals surface area contributed by atoms with Gasteiger partial charge in [0.2, 0.25) is 5.69 Å². The van der Waals surface area contributed by atoms with Gasteiger partial charge in [0.25, 0.3) is 5.56 Å². The molecule has 6 nitrogen and oxygen atoms in total. The lowest BCUT2D eigenvalue weighted by atomic mass is 10.2. The van der Waals surface area contributed by atoms with Gasteiger partial charge in [-0.05, 0) is 32.0 Å². The van der Waals surface area contributed by atoms with Gasteiger partial charge in [0.05, 0.1) is 18.4 Å². The Morgan fingerprint density at radius 3 is 2.54 bits per heavy atom. The number of esters is 1. The van der Waals surface area contributed by atoms with Crippen molar-refractivity contribution in [3.63, 3.8) is 0 Å². The molecule has 0 aliphatic heterocycles. The molecule has 0 spiro atoms. The highest BCUT2D eigenvalue weighted by molar-refractivity contribution is 6.31. The predicted molar refractivity (Wildman–Crippen MR) is 106 cm³/mol. The summed E-state index contributed by atoms with van der Waals surface area (Å²) in [5.41, 5.74) is 1.81. The fourth-order valence-electron chi connectivity index (χ4n) is 2.53. The lowest BCUT2D eigenvalue weighted by Crippen LogP contribution is -2.25. The summed E-state index contributed by atoms with van der Waals surface area (Å²) in [6, 6.07) is 15.6. The van der Waals surface area contributed by atoms with Gasteiger partial charge in [-0.25, -0.2) is 4.79 Å². The molecule has 0 unspecified atom stereocenters. The van der Waals surface area contributed by atoms with Gasteiger partial charge in [0.1, 0.15) is 6.61 Å². The summed E-state index contributed by atoms with van der Waals surface area (Å²) in [6.45, 7) is 3.89. The smallest absolute Gasteiger partial charge is 0.362 e. The van der Waals surface area contributed by atoms with E-state index in [1.165, 1.54) is 6.07 Å². The maximum absolute atomic E-state index is 12.6. The molecule has 7 heteroatoms. The van der Waals surface area contributed by atoms with Crippen molar-refractivity contribution in [1.29, 1.82) is 0 Å². The van der Waals surface area contributed by atoms with Gasteiger partial charge >= 0.3 is 5.97 Å². The zero-order valence-electron chi connectivity index (χ0n) is 15.5. The number of halogens is 1. The van der Waals surface area contributed by atoms with E-state index in [1.54, 1.807) is 37.3 Å². The average molecular weight is 399 g/mol. The van der Waals surface area contributed by atoms with E-state index in [9.17, 15) is 9.59 Å². The first-order valence-electron chi connectivity index (χ1n) is 8.74. The predicted octanol–water partition coefficient (Wildman–Crippen LogP) is 3.95. The number of nitrogens with zero attached hydrogens (tertiary/aromatic N) is 2. The van der Waals surface area contributed by atoms with Crippen LogP contribution in [0, 0.1) is 6.92 Å². The maximum atomic E-state index is 12.6. The third-order valence-corrected chi connectivity index (χ3v) is 4.35. The highest BCUT2D eigenvalue weighted by atomic mass is 35.5. The van der Waals surface area contributed by atoms with Crippen molar-refractivity contribution in [3.8, 4) is 11.4 Å². The fourth-order valence-corrected chi connectivity index (χ4v) is 2.72. The fraction of sp³-hybridized carbons (Fsp3) is 0.190. The van der Waals surface area contributed by atoms with Crippen molar-refractivity contribution in [2.75, 3.05) is 6.61 Å². The van der Waals surface area contributed by atoms with Gasteiger partial charge in [-0.2, -0.15) is 9.78 Å². The van der Waals surface area contributed by atoms with E-state index in [0.29, 0.717) is 10.7 Å². The molecule has 1 aromatic heterocycles. The van der Waals surface area contributed by atoms with Crippen LogP contribution >= 0.6 is 11.6 Å². The molecule has 0 saturated carbocycles. The maximum Gasteiger partial charge on any atom is 0.362 e. The molecule has 0 fully saturated rings. The molecule has 3 aromatic rings. The van der Waals surface area contributed by atoms with Gasteiger partial charge in [0.15, 0.2) is 5.75 Å². The first-order chi connectivity index (χ1) is 13.5. The summed E-state index contributed by atoms with van der Waals surface area (Å²) < 4.78 is 11.9. The molecule has 2 aromatic carbocycles. The second-order valence-corrected chi connectivity index (χ2v) is 6.45. The van der Waals surface area contributed by atoms with E-state index >= 15 is 0 Å². The molecule has 0 amide bonds. The van der Waals surface area contributed by atoms with Gasteiger partial charge in [-0.3, -0.25) is 4.79 Å². The summed E-state index contributed by atoms with van der Waals surface area (Å²) in [4.78, 5) is 25.0. The van der Waals surface area contributed by atoms with Crippen LogP contribution in [-0.4, -0.2) is 22.4 Å². The van der Waals surface area contributed by atoms with Crippen LogP contribution in [0.5, 0.6) is 5.75 Å². The Morgan fingerprint density at radius 2 is 1.86 bits per heavy atom.